The molecule has 3 N–H and O–H groups in total. The van der Waals surface area contributed by atoms with E-state index in [0.717, 1.165) is 4.90 Å². The molecule has 0 aromatic heterocycles. The summed E-state index contributed by atoms with van der Waals surface area (Å²) < 4.78 is 119. The van der Waals surface area contributed by atoms with Crippen molar-refractivity contribution in [2.75, 3.05) is 45.6 Å². The molecule has 4 heterocycles. The Morgan fingerprint density at radius 3 is 1.40 bits per heavy atom. The number of halogens is 4. The van der Waals surface area contributed by atoms with Gasteiger partial charge in [0.15, 0.2) is 6.10 Å². The molecule has 0 aliphatic carbocycles. The molecule has 4 aliphatic rings. The number of hydrogen-bond donors (Lipinski definition) is 3. The summed E-state index contributed by atoms with van der Waals surface area (Å²) in [5, 5.41) is 7.69. The first-order chi connectivity index (χ1) is 34.8. The zero-order valence-electron chi connectivity index (χ0n) is 38.6. The lowest BCUT2D eigenvalue weighted by Crippen LogP contribution is -2.54. The highest BCUT2D eigenvalue weighted by Gasteiger charge is 2.65. The molecule has 4 aromatic rings. The molecular formula is C49H48F4N4O15S. The van der Waals surface area contributed by atoms with E-state index in [0.29, 0.717) is 19.3 Å². The van der Waals surface area contributed by atoms with Crippen LogP contribution in [0, 0.1) is 0 Å². The number of amides is 4. The Labute approximate surface area is 415 Å². The summed E-state index contributed by atoms with van der Waals surface area (Å²) in [5.41, 5.74) is 0.440. The van der Waals surface area contributed by atoms with Crippen LogP contribution >= 0.6 is 0 Å². The Kier molecular flexibility index (Phi) is 18.8. The van der Waals surface area contributed by atoms with Crippen molar-refractivity contribution in [1.29, 1.82) is 0 Å². The van der Waals surface area contributed by atoms with Crippen LogP contribution in [0.5, 0.6) is 0 Å². The highest BCUT2D eigenvalue weighted by Crippen LogP contribution is 2.42. The minimum atomic E-state index is -4.33. The lowest BCUT2D eigenvalue weighted by atomic mass is 10.1. The van der Waals surface area contributed by atoms with Gasteiger partial charge in [0.1, 0.15) is 25.4 Å². The van der Waals surface area contributed by atoms with Crippen molar-refractivity contribution in [1.82, 2.24) is 20.9 Å². The van der Waals surface area contributed by atoms with Gasteiger partial charge in [-0.3, -0.25) is 4.90 Å². The van der Waals surface area contributed by atoms with E-state index in [-0.39, 0.29) is 41.4 Å². The van der Waals surface area contributed by atoms with Crippen molar-refractivity contribution in [2.45, 2.75) is 48.8 Å². The molecule has 24 heteroatoms. The molecule has 1 unspecified atom stereocenters. The van der Waals surface area contributed by atoms with E-state index >= 15 is 8.78 Å². The Morgan fingerprint density at radius 1 is 0.575 bits per heavy atom. The average Bonchev–Trinajstić information content (AvgIpc) is 3.54. The number of esters is 4. The quantitative estimate of drug-likeness (QED) is 0.0508. The Morgan fingerprint density at radius 2 is 0.959 bits per heavy atom. The van der Waals surface area contributed by atoms with Crippen LogP contribution < -0.4 is 16.0 Å². The Hall–Kier alpha value is -7.67. The smallest absolute Gasteiger partial charge is 0.338 e. The first kappa shape index (κ1) is 54.7. The maximum atomic E-state index is 15.5. The molecule has 0 saturated carbocycles. The molecule has 0 radical (unpaired) electrons. The molecular weight excluding hydrogens is 993 g/mol. The van der Waals surface area contributed by atoms with Gasteiger partial charge >= 0.3 is 47.8 Å². The average molecular weight is 1040 g/mol. The van der Waals surface area contributed by atoms with E-state index in [1.54, 1.807) is 72.8 Å². The fourth-order valence-corrected chi connectivity index (χ4v) is 7.48. The largest absolute Gasteiger partial charge is 0.459 e. The Balaban J connectivity index is 0.000000207. The number of alkyl halides is 4. The van der Waals surface area contributed by atoms with Crippen molar-refractivity contribution in [3.8, 4) is 0 Å². The van der Waals surface area contributed by atoms with Crippen LogP contribution in [0.2, 0.25) is 0 Å². The number of carbonyl (C=O) groups is 6. The van der Waals surface area contributed by atoms with Gasteiger partial charge in [-0.15, -0.1) is 0 Å². The number of nitrogens with zero attached hydrogens (tertiary/aromatic N) is 1. The summed E-state index contributed by atoms with van der Waals surface area (Å²) in [6.07, 6.45) is -4.59. The number of benzene rings is 4. The van der Waals surface area contributed by atoms with Gasteiger partial charge in [0, 0.05) is 26.2 Å². The van der Waals surface area contributed by atoms with Crippen LogP contribution in [0.15, 0.2) is 146 Å². The van der Waals surface area contributed by atoms with E-state index in [2.05, 4.69) is 20.1 Å². The first-order valence-corrected chi connectivity index (χ1v) is 23.9. The van der Waals surface area contributed by atoms with Gasteiger partial charge in [0.05, 0.1) is 28.5 Å². The molecule has 73 heavy (non-hydrogen) atoms. The maximum absolute atomic E-state index is 15.5. The first-order valence-electron chi connectivity index (χ1n) is 22.1. The van der Waals surface area contributed by atoms with Gasteiger partial charge in [-0.2, -0.15) is 26.0 Å². The van der Waals surface area contributed by atoms with Crippen LogP contribution in [0.1, 0.15) is 41.4 Å². The lowest BCUT2D eigenvalue weighted by Gasteiger charge is -2.30. The van der Waals surface area contributed by atoms with Crippen molar-refractivity contribution in [3.05, 3.63) is 168 Å². The van der Waals surface area contributed by atoms with Crippen molar-refractivity contribution in [2.24, 2.45) is 0 Å². The van der Waals surface area contributed by atoms with E-state index < -0.39 is 102 Å². The lowest BCUT2D eigenvalue weighted by molar-refractivity contribution is -0.183. The highest BCUT2D eigenvalue weighted by atomic mass is 32.2. The summed E-state index contributed by atoms with van der Waals surface area (Å²) in [6, 6.07) is 29.9. The summed E-state index contributed by atoms with van der Waals surface area (Å²) in [5.74, 6) is -11.5. The number of hydrogen-bond acceptors (Lipinski definition) is 15. The fraction of sp³-hybridized carbons (Fsp3) is 0.306. The van der Waals surface area contributed by atoms with Gasteiger partial charge in [-0.05, 0) is 48.5 Å². The van der Waals surface area contributed by atoms with Crippen LogP contribution in [0.4, 0.5) is 27.2 Å². The zero-order valence-corrected chi connectivity index (χ0v) is 39.4. The number of rotatable bonds is 13. The predicted octanol–water partition coefficient (Wildman–Crippen LogP) is 5.27. The second-order valence-electron chi connectivity index (χ2n) is 15.9. The SMILES string of the molecule is CS(=O)(=O)OC1O[C@H](COC(=O)c2ccccc2)[C@@H](OC(=O)c2ccccc2)C1(F)F.O=C(OC[C@H]1O[C@@H](N2CC=CCNC2=O)C(F)(F)[C@@H]1OC(=O)c1ccccc1)c1ccccc1.O=C1NCC=CCN1. The molecule has 2 saturated heterocycles. The topological polar surface area (TPSA) is 240 Å². The van der Waals surface area contributed by atoms with Gasteiger partial charge in [-0.25, -0.2) is 33.0 Å². The third-order valence-corrected chi connectivity index (χ3v) is 11.0. The number of nitrogens with one attached hydrogen (secondary N) is 3. The van der Waals surface area contributed by atoms with E-state index in [4.69, 9.17) is 28.4 Å². The van der Waals surface area contributed by atoms with E-state index in [9.17, 15) is 46.0 Å². The maximum Gasteiger partial charge on any atom is 0.338 e. The van der Waals surface area contributed by atoms with Gasteiger partial charge < -0.3 is 44.4 Å². The zero-order chi connectivity index (χ0) is 52.6. The monoisotopic (exact) mass is 1040 g/mol. The number of urea groups is 2. The van der Waals surface area contributed by atoms with E-state index in [1.807, 2.05) is 12.2 Å². The van der Waals surface area contributed by atoms with E-state index in [1.165, 1.54) is 60.7 Å². The highest BCUT2D eigenvalue weighted by molar-refractivity contribution is 7.86. The summed E-state index contributed by atoms with van der Waals surface area (Å²) in [6.45, 7) is -0.0185. The molecule has 2 fully saturated rings. The molecule has 388 valence electrons. The minimum Gasteiger partial charge on any atom is -0.459 e. The number of ether oxygens (including phenoxy) is 6. The number of carbonyl (C=O) groups excluding carboxylic acids is 6. The molecule has 4 aliphatic heterocycles. The molecule has 6 atom stereocenters. The van der Waals surface area contributed by atoms with Crippen LogP contribution in [0.25, 0.3) is 0 Å². The molecule has 0 bridgehead atoms. The third-order valence-electron chi connectivity index (χ3n) is 10.5. The van der Waals surface area contributed by atoms with Crippen molar-refractivity contribution < 1.29 is 87.4 Å². The molecule has 19 nitrogen and oxygen atoms in total. The third kappa shape index (κ3) is 15.2. The van der Waals surface area contributed by atoms with Crippen molar-refractivity contribution >= 4 is 46.1 Å². The summed E-state index contributed by atoms with van der Waals surface area (Å²) in [4.78, 5) is 72.9. The molecule has 8 rings (SSSR count). The minimum absolute atomic E-state index is 0.00851. The predicted molar refractivity (Wildman–Crippen MR) is 248 cm³/mol. The summed E-state index contributed by atoms with van der Waals surface area (Å²) in [7, 11) is -4.33. The standard InChI is InChI=1S/C24H22F2N2O6.C20H18F2O8S.C5H8N2O/c25-24(26)19(34-21(30)17-11-5-2-6-12-17)18(15-32-20(29)16-9-3-1-4-10-16)33-22(24)28-14-8-7-13-27-23(28)31;1-31(25,26)30-19-20(21,22)16(29-18(24)14-10-6-3-7-11-14)15(28-19)12-27-17(23)13-8-4-2-5-9-13;8-5-6-3-1-2-4-7-5/h1-12,18-19,22H,13-15H2,(H,27,31);2-11,15-16,19H,12H2,1H3;1-2H,3-4H2,(H2,6,7,8)/t18-,19-,22-;15-,16-,19?;/m11./s1. The Bertz CT molecular complexity index is 2700. The van der Waals surface area contributed by atoms with Crippen LogP contribution in [0.3, 0.4) is 0 Å². The van der Waals surface area contributed by atoms with Crippen LogP contribution in [-0.2, 0) is 42.7 Å². The van der Waals surface area contributed by atoms with Gasteiger partial charge in [0.25, 0.3) is 10.1 Å². The molecule has 4 amide bonds. The normalized spacial score (nSPS) is 22.7. The fourth-order valence-electron chi connectivity index (χ4n) is 6.99. The van der Waals surface area contributed by atoms with Gasteiger partial charge in [-0.1, -0.05) is 97.1 Å². The summed E-state index contributed by atoms with van der Waals surface area (Å²) >= 11 is 0. The van der Waals surface area contributed by atoms with Crippen molar-refractivity contribution in [3.63, 3.8) is 0 Å². The van der Waals surface area contributed by atoms with Gasteiger partial charge in [0.2, 0.25) is 18.6 Å². The molecule has 4 aromatic carbocycles. The molecule has 0 spiro atoms. The van der Waals surface area contributed by atoms with Crippen LogP contribution in [-0.4, -0.2) is 144 Å². The second-order valence-corrected chi connectivity index (χ2v) is 17.5. The second kappa shape index (κ2) is 25.1.